The predicted octanol–water partition coefficient (Wildman–Crippen LogP) is 2.76. The van der Waals surface area contributed by atoms with Gasteiger partial charge in [-0.2, -0.15) is 0 Å². The van der Waals surface area contributed by atoms with Gasteiger partial charge in [-0.3, -0.25) is 4.79 Å². The fourth-order valence-electron chi connectivity index (χ4n) is 3.01. The molecule has 1 saturated heterocycles. The maximum absolute atomic E-state index is 12.2. The lowest BCUT2D eigenvalue weighted by atomic mass is 9.77. The topological polar surface area (TPSA) is 46.6 Å². The van der Waals surface area contributed by atoms with Crippen molar-refractivity contribution >= 4 is 11.9 Å². The number of nitrogens with zero attached hydrogens (tertiary/aromatic N) is 1. The highest BCUT2D eigenvalue weighted by Gasteiger charge is 2.41. The summed E-state index contributed by atoms with van der Waals surface area (Å²) in [6.07, 6.45) is 4.11. The van der Waals surface area contributed by atoms with Crippen LogP contribution in [0.25, 0.3) is 0 Å². The fraction of sp³-hybridized carbons (Fsp3) is 0.857. The molecule has 1 amide bonds. The lowest BCUT2D eigenvalue weighted by molar-refractivity contribution is -0.129. The number of carbonyl (C=O) groups excluding carboxylic acids is 2. The summed E-state index contributed by atoms with van der Waals surface area (Å²) in [5.74, 6) is 0.388. The van der Waals surface area contributed by atoms with Crippen LogP contribution in [0, 0.1) is 5.92 Å². The summed E-state index contributed by atoms with van der Waals surface area (Å²) < 4.78 is 5.44. The summed E-state index contributed by atoms with van der Waals surface area (Å²) in [5, 5.41) is 0. The number of rotatable bonds is 0. The van der Waals surface area contributed by atoms with Gasteiger partial charge in [-0.1, -0.05) is 0 Å². The number of ketones is 1. The first-order valence-electron chi connectivity index (χ1n) is 6.91. The maximum atomic E-state index is 12.2. The first-order chi connectivity index (χ1) is 8.38. The molecule has 0 aromatic heterocycles. The van der Waals surface area contributed by atoms with E-state index >= 15 is 0 Å². The molecule has 1 aliphatic carbocycles. The van der Waals surface area contributed by atoms with Gasteiger partial charge in [0.2, 0.25) is 0 Å². The highest BCUT2D eigenvalue weighted by Crippen LogP contribution is 2.33. The van der Waals surface area contributed by atoms with Gasteiger partial charge in [-0.15, -0.1) is 0 Å². The second kappa shape index (κ2) is 4.90. The molecule has 2 atom stereocenters. The van der Waals surface area contributed by atoms with E-state index in [0.29, 0.717) is 12.2 Å². The van der Waals surface area contributed by atoms with Gasteiger partial charge < -0.3 is 9.64 Å². The van der Waals surface area contributed by atoms with Crippen molar-refractivity contribution in [1.82, 2.24) is 4.90 Å². The molecule has 2 fully saturated rings. The van der Waals surface area contributed by atoms with Crippen LogP contribution in [0.5, 0.6) is 0 Å². The standard InChI is InChI=1S/C14H23NO3/c1-14(2,3)18-13(17)15-9-5-6-10-11(15)7-4-8-12(10)16/h10-11H,4-9H2,1-3H3/t10-,11-/m1/s1. The van der Waals surface area contributed by atoms with Gasteiger partial charge in [-0.05, 0) is 46.5 Å². The summed E-state index contributed by atoms with van der Waals surface area (Å²) in [4.78, 5) is 25.9. The van der Waals surface area contributed by atoms with Gasteiger partial charge in [0, 0.05) is 24.9 Å². The molecule has 0 aromatic carbocycles. The second-order valence-electron chi connectivity index (χ2n) is 6.35. The van der Waals surface area contributed by atoms with E-state index in [9.17, 15) is 9.59 Å². The zero-order valence-corrected chi connectivity index (χ0v) is 11.6. The van der Waals surface area contributed by atoms with Gasteiger partial charge >= 0.3 is 6.09 Å². The summed E-state index contributed by atoms with van der Waals surface area (Å²) in [6.45, 7) is 6.35. The molecule has 1 aliphatic heterocycles. The van der Waals surface area contributed by atoms with Gasteiger partial charge in [0.15, 0.2) is 0 Å². The van der Waals surface area contributed by atoms with E-state index in [1.807, 2.05) is 20.8 Å². The minimum atomic E-state index is -0.470. The molecule has 2 rings (SSSR count). The number of ether oxygens (including phenoxy) is 1. The molecule has 4 nitrogen and oxygen atoms in total. The Morgan fingerprint density at radius 3 is 2.67 bits per heavy atom. The molecule has 102 valence electrons. The van der Waals surface area contributed by atoms with Crippen molar-refractivity contribution in [2.75, 3.05) is 6.54 Å². The Hall–Kier alpha value is -1.06. The minimum absolute atomic E-state index is 0.0556. The Morgan fingerprint density at radius 1 is 1.28 bits per heavy atom. The summed E-state index contributed by atoms with van der Waals surface area (Å²) in [6, 6.07) is 0.0786. The normalized spacial score (nSPS) is 28.8. The van der Waals surface area contributed by atoms with Crippen LogP contribution < -0.4 is 0 Å². The van der Waals surface area contributed by atoms with E-state index < -0.39 is 5.60 Å². The third-order valence-electron chi connectivity index (χ3n) is 3.74. The third-order valence-corrected chi connectivity index (χ3v) is 3.74. The molecular formula is C14H23NO3. The Balaban J connectivity index is 2.07. The predicted molar refractivity (Wildman–Crippen MR) is 68.3 cm³/mol. The highest BCUT2D eigenvalue weighted by molar-refractivity contribution is 5.83. The average molecular weight is 253 g/mol. The van der Waals surface area contributed by atoms with E-state index in [1.54, 1.807) is 4.90 Å². The highest BCUT2D eigenvalue weighted by atomic mass is 16.6. The maximum Gasteiger partial charge on any atom is 0.410 e. The number of amides is 1. The molecule has 0 bridgehead atoms. The Labute approximate surface area is 109 Å². The van der Waals surface area contributed by atoms with Crippen molar-refractivity contribution in [2.45, 2.75) is 64.5 Å². The van der Waals surface area contributed by atoms with E-state index in [4.69, 9.17) is 4.74 Å². The molecule has 4 heteroatoms. The molecule has 0 aromatic rings. The van der Waals surface area contributed by atoms with Crippen molar-refractivity contribution in [3.8, 4) is 0 Å². The average Bonchev–Trinajstić information content (AvgIpc) is 2.26. The van der Waals surface area contributed by atoms with Crippen molar-refractivity contribution < 1.29 is 14.3 Å². The quantitative estimate of drug-likeness (QED) is 0.667. The molecule has 1 heterocycles. The SMILES string of the molecule is CC(C)(C)OC(=O)N1CCC[C@H]2C(=O)CCC[C@H]21. The molecule has 2 aliphatic rings. The van der Waals surface area contributed by atoms with Crippen molar-refractivity contribution in [2.24, 2.45) is 5.92 Å². The summed E-state index contributed by atoms with van der Waals surface area (Å²) in [7, 11) is 0. The van der Waals surface area contributed by atoms with E-state index in [2.05, 4.69) is 0 Å². The van der Waals surface area contributed by atoms with Gasteiger partial charge in [0.1, 0.15) is 11.4 Å². The fourth-order valence-corrected chi connectivity index (χ4v) is 3.01. The van der Waals surface area contributed by atoms with Crippen LogP contribution in [0.1, 0.15) is 52.9 Å². The first-order valence-corrected chi connectivity index (χ1v) is 6.91. The number of likely N-dealkylation sites (tertiary alicyclic amines) is 1. The monoisotopic (exact) mass is 253 g/mol. The van der Waals surface area contributed by atoms with E-state index in [0.717, 1.165) is 32.2 Å². The smallest absolute Gasteiger partial charge is 0.410 e. The Bertz CT molecular complexity index is 345. The van der Waals surface area contributed by atoms with Gasteiger partial charge in [0.05, 0.1) is 0 Å². The van der Waals surface area contributed by atoms with Gasteiger partial charge in [0.25, 0.3) is 0 Å². The number of fused-ring (bicyclic) bond motifs is 1. The number of hydrogen-bond donors (Lipinski definition) is 0. The number of Topliss-reactive ketones (excluding diaryl/α,β-unsaturated/α-hetero) is 1. The molecule has 0 N–H and O–H groups in total. The number of hydrogen-bond acceptors (Lipinski definition) is 3. The molecular weight excluding hydrogens is 230 g/mol. The minimum Gasteiger partial charge on any atom is -0.444 e. The lowest BCUT2D eigenvalue weighted by Crippen LogP contribution is -2.53. The molecule has 0 unspecified atom stereocenters. The van der Waals surface area contributed by atoms with Crippen molar-refractivity contribution in [3.05, 3.63) is 0 Å². The Morgan fingerprint density at radius 2 is 2.00 bits per heavy atom. The van der Waals surface area contributed by atoms with Crippen molar-refractivity contribution in [3.63, 3.8) is 0 Å². The van der Waals surface area contributed by atoms with Crippen LogP contribution in [-0.2, 0) is 9.53 Å². The van der Waals surface area contributed by atoms with Gasteiger partial charge in [-0.25, -0.2) is 4.79 Å². The molecule has 0 spiro atoms. The molecule has 18 heavy (non-hydrogen) atoms. The summed E-state index contributed by atoms with van der Waals surface area (Å²) >= 11 is 0. The van der Waals surface area contributed by atoms with E-state index in [-0.39, 0.29) is 18.1 Å². The third kappa shape index (κ3) is 2.85. The number of piperidine rings is 1. The van der Waals surface area contributed by atoms with Crippen LogP contribution in [0.4, 0.5) is 4.79 Å². The Kier molecular flexibility index (Phi) is 3.64. The van der Waals surface area contributed by atoms with Crippen LogP contribution in [0.2, 0.25) is 0 Å². The summed E-state index contributed by atoms with van der Waals surface area (Å²) in [5.41, 5.74) is -0.470. The van der Waals surface area contributed by atoms with E-state index in [1.165, 1.54) is 0 Å². The second-order valence-corrected chi connectivity index (χ2v) is 6.35. The molecule has 0 radical (unpaired) electrons. The lowest BCUT2D eigenvalue weighted by Gasteiger charge is -2.43. The molecule has 1 saturated carbocycles. The van der Waals surface area contributed by atoms with Crippen LogP contribution >= 0.6 is 0 Å². The zero-order chi connectivity index (χ0) is 13.3. The van der Waals surface area contributed by atoms with Crippen molar-refractivity contribution in [1.29, 1.82) is 0 Å². The van der Waals surface area contributed by atoms with Crippen LogP contribution in [0.15, 0.2) is 0 Å². The first kappa shape index (κ1) is 13.4. The number of carbonyl (C=O) groups is 2. The van der Waals surface area contributed by atoms with Crippen LogP contribution in [0.3, 0.4) is 0 Å². The largest absolute Gasteiger partial charge is 0.444 e. The zero-order valence-electron chi connectivity index (χ0n) is 11.6. The van der Waals surface area contributed by atoms with Crippen LogP contribution in [-0.4, -0.2) is 35.0 Å².